The van der Waals surface area contributed by atoms with Crippen molar-refractivity contribution in [3.63, 3.8) is 0 Å². The minimum Gasteiger partial charge on any atom is -0.450 e. The van der Waals surface area contributed by atoms with Gasteiger partial charge in [-0.05, 0) is 96.7 Å². The van der Waals surface area contributed by atoms with E-state index in [0.29, 0.717) is 18.3 Å². The third-order valence-corrected chi connectivity index (χ3v) is 13.8. The molecule has 2 radical (unpaired) electrons. The number of hydrogen-bond acceptors (Lipinski definition) is 6. The second kappa shape index (κ2) is 8.22. The van der Waals surface area contributed by atoms with E-state index in [1.165, 1.54) is 19.8 Å². The van der Waals surface area contributed by atoms with Crippen molar-refractivity contribution >= 4 is 19.9 Å². The first kappa shape index (κ1) is 27.1. The van der Waals surface area contributed by atoms with Gasteiger partial charge in [-0.1, -0.05) is 34.6 Å². The van der Waals surface area contributed by atoms with E-state index in [2.05, 4.69) is 39.8 Å². The highest BCUT2D eigenvalue weighted by Crippen LogP contribution is 2.89. The average molecular weight is 528 g/mol. The zero-order valence-electron chi connectivity index (χ0n) is 24.0. The summed E-state index contributed by atoms with van der Waals surface area (Å²) in [5.74, 6) is 0.135. The lowest BCUT2D eigenvalue weighted by atomic mass is 9.41. The number of carbonyl (C=O) groups excluding carboxylic acids is 2. The van der Waals surface area contributed by atoms with Gasteiger partial charge < -0.3 is 24.9 Å². The number of aliphatic hydroxyl groups excluding tert-OH is 2. The molecule has 1 saturated heterocycles. The predicted molar refractivity (Wildman–Crippen MR) is 142 cm³/mol. The van der Waals surface area contributed by atoms with Crippen LogP contribution >= 0.6 is 0 Å². The quantitative estimate of drug-likeness (QED) is 0.385. The van der Waals surface area contributed by atoms with Gasteiger partial charge in [0.05, 0.1) is 18.3 Å². The number of hydrogen-bond donors (Lipinski definition) is 3. The molecule has 0 bridgehead atoms. The molecule has 5 aliphatic carbocycles. The van der Waals surface area contributed by atoms with Crippen molar-refractivity contribution in [1.82, 2.24) is 5.23 Å². The fourth-order valence-corrected chi connectivity index (χ4v) is 12.1. The Labute approximate surface area is 228 Å². The second-order valence-corrected chi connectivity index (χ2v) is 15.1. The molecule has 0 aromatic carbocycles. The molecule has 0 aromatic heterocycles. The van der Waals surface area contributed by atoms with Crippen LogP contribution < -0.4 is 5.23 Å². The molecule has 38 heavy (non-hydrogen) atoms. The molecule has 5 saturated carbocycles. The van der Waals surface area contributed by atoms with Gasteiger partial charge in [0.1, 0.15) is 6.10 Å². The van der Waals surface area contributed by atoms with Gasteiger partial charge in [-0.15, -0.1) is 0 Å². The summed E-state index contributed by atoms with van der Waals surface area (Å²) in [6, 6.07) is 0. The molecule has 8 heteroatoms. The SMILES string of the molecule is [B]NC(=O)[C@@H](OC(C)=O)C1C[C@@H](C)[C@H]2C(O1)[C@H](O)[C@@]1(C)C3CC[C@H]4C(C)(C)C(O)CCC45CC35CCC21C. The molecule has 1 aliphatic heterocycles. The van der Waals surface area contributed by atoms with E-state index < -0.39 is 36.3 Å². The van der Waals surface area contributed by atoms with Crippen LogP contribution in [-0.2, 0) is 19.1 Å². The molecular weight excluding hydrogens is 481 g/mol. The largest absolute Gasteiger partial charge is 0.450 e. The fraction of sp³-hybridized carbons (Fsp3) is 0.933. The number of ether oxygens (including phenoxy) is 2. The Kier molecular flexibility index (Phi) is 5.86. The number of rotatable bonds is 3. The maximum Gasteiger partial charge on any atom is 0.303 e. The smallest absolute Gasteiger partial charge is 0.303 e. The maximum atomic E-state index is 12.6. The van der Waals surface area contributed by atoms with Gasteiger partial charge in [0.2, 0.25) is 14.1 Å². The monoisotopic (exact) mass is 527 g/mol. The Morgan fingerprint density at radius 3 is 2.34 bits per heavy atom. The summed E-state index contributed by atoms with van der Waals surface area (Å²) in [5, 5.41) is 25.3. The van der Waals surface area contributed by atoms with E-state index in [0.717, 1.165) is 32.1 Å². The fourth-order valence-electron chi connectivity index (χ4n) is 12.1. The summed E-state index contributed by atoms with van der Waals surface area (Å²) in [7, 11) is 5.42. The van der Waals surface area contributed by atoms with Crippen LogP contribution in [0.1, 0.15) is 92.9 Å². The molecule has 1 amide bonds. The zero-order valence-corrected chi connectivity index (χ0v) is 24.0. The highest BCUT2D eigenvalue weighted by molar-refractivity contribution is 6.15. The number of aliphatic hydroxyl groups is 2. The molecule has 6 rings (SSSR count). The van der Waals surface area contributed by atoms with Crippen molar-refractivity contribution in [1.29, 1.82) is 0 Å². The Morgan fingerprint density at radius 2 is 1.68 bits per heavy atom. The van der Waals surface area contributed by atoms with Gasteiger partial charge in [-0.2, -0.15) is 0 Å². The lowest BCUT2D eigenvalue weighted by molar-refractivity contribution is -0.192. The van der Waals surface area contributed by atoms with Crippen LogP contribution in [0.25, 0.3) is 0 Å². The average Bonchev–Trinajstić information content (AvgIpc) is 3.49. The Bertz CT molecular complexity index is 1040. The van der Waals surface area contributed by atoms with Crippen molar-refractivity contribution in [3.05, 3.63) is 0 Å². The van der Waals surface area contributed by atoms with Crippen LogP contribution in [-0.4, -0.2) is 60.6 Å². The Hall–Kier alpha value is -1.12. The highest BCUT2D eigenvalue weighted by Gasteiger charge is 2.84. The normalized spacial score (nSPS) is 54.7. The first-order chi connectivity index (χ1) is 17.7. The van der Waals surface area contributed by atoms with Crippen LogP contribution in [0.4, 0.5) is 0 Å². The Morgan fingerprint density at radius 1 is 1.03 bits per heavy atom. The Balaban J connectivity index is 1.34. The van der Waals surface area contributed by atoms with E-state index >= 15 is 0 Å². The van der Waals surface area contributed by atoms with Crippen molar-refractivity contribution < 1.29 is 29.3 Å². The highest BCUT2D eigenvalue weighted by atomic mass is 16.6. The van der Waals surface area contributed by atoms with Gasteiger partial charge >= 0.3 is 5.97 Å². The number of amides is 1. The van der Waals surface area contributed by atoms with Crippen LogP contribution in [0.3, 0.4) is 0 Å². The standard InChI is InChI=1S/C30H46BNO6/c1-15-13-17(22(25(36)32-31)37-16(2)33)38-23-21(15)27(5)11-12-30-14-29(30)10-9-20(34)26(3,4)18(29)7-8-19(30)28(27,6)24(23)35/h15,17-24,34-35H,7-14H2,1-6H3,(H,32,36)/t15-,17?,18+,19?,20?,21+,22+,23?,24+,27?,28-,29?,30?/m1/s1. The van der Waals surface area contributed by atoms with Crippen LogP contribution in [0.2, 0.25) is 0 Å². The number of fused-ring (bicyclic) bond motifs is 4. The van der Waals surface area contributed by atoms with Crippen LogP contribution in [0.15, 0.2) is 0 Å². The van der Waals surface area contributed by atoms with Gasteiger partial charge in [0.25, 0.3) is 5.91 Å². The predicted octanol–water partition coefficient (Wildman–Crippen LogP) is 3.29. The molecule has 2 spiro atoms. The topological polar surface area (TPSA) is 105 Å². The van der Waals surface area contributed by atoms with Gasteiger partial charge in [0.15, 0.2) is 0 Å². The van der Waals surface area contributed by atoms with Crippen LogP contribution in [0, 0.1) is 50.7 Å². The minimum atomic E-state index is -1.14. The third-order valence-electron chi connectivity index (χ3n) is 13.8. The second-order valence-electron chi connectivity index (χ2n) is 15.1. The summed E-state index contributed by atoms with van der Waals surface area (Å²) in [5.41, 5.74) is 0.0382. The summed E-state index contributed by atoms with van der Waals surface area (Å²) >= 11 is 0. The number of carbonyl (C=O) groups is 2. The van der Waals surface area contributed by atoms with E-state index in [4.69, 9.17) is 17.5 Å². The molecule has 3 N–H and O–H groups in total. The van der Waals surface area contributed by atoms with E-state index in [1.54, 1.807) is 0 Å². The third kappa shape index (κ3) is 3.03. The molecule has 6 aliphatic rings. The molecule has 7 nitrogen and oxygen atoms in total. The van der Waals surface area contributed by atoms with Crippen molar-refractivity contribution in [2.75, 3.05) is 0 Å². The van der Waals surface area contributed by atoms with Gasteiger partial charge in [0, 0.05) is 12.3 Å². The van der Waals surface area contributed by atoms with Gasteiger partial charge in [-0.3, -0.25) is 9.59 Å². The van der Waals surface area contributed by atoms with Crippen molar-refractivity contribution in [2.45, 2.75) is 123 Å². The van der Waals surface area contributed by atoms with Crippen molar-refractivity contribution in [3.8, 4) is 0 Å². The van der Waals surface area contributed by atoms with E-state index in [1.807, 2.05) is 0 Å². The zero-order chi connectivity index (χ0) is 27.6. The molecule has 6 fully saturated rings. The number of nitrogens with one attached hydrogen (secondary N) is 1. The minimum absolute atomic E-state index is 0.0726. The summed E-state index contributed by atoms with van der Waals surface area (Å²) in [6.07, 6.45) is 5.08. The van der Waals surface area contributed by atoms with Crippen molar-refractivity contribution in [2.24, 2.45) is 50.7 Å². The molecule has 13 atom stereocenters. The number of esters is 1. The van der Waals surface area contributed by atoms with E-state index in [-0.39, 0.29) is 45.0 Å². The first-order valence-corrected chi connectivity index (χ1v) is 14.9. The van der Waals surface area contributed by atoms with Crippen LogP contribution in [0.5, 0.6) is 0 Å². The first-order valence-electron chi connectivity index (χ1n) is 14.9. The summed E-state index contributed by atoms with van der Waals surface area (Å²) in [4.78, 5) is 24.4. The molecule has 7 unspecified atom stereocenters. The molecular formula is C30H46BNO6. The molecule has 210 valence electrons. The summed E-state index contributed by atoms with van der Waals surface area (Å²) < 4.78 is 12.0. The molecule has 1 heterocycles. The maximum absolute atomic E-state index is 12.6. The lowest BCUT2D eigenvalue weighted by Crippen LogP contribution is -2.59. The van der Waals surface area contributed by atoms with E-state index in [9.17, 15) is 19.8 Å². The summed E-state index contributed by atoms with van der Waals surface area (Å²) in [6.45, 7) is 12.7. The lowest BCUT2D eigenvalue weighted by Gasteiger charge is -2.63. The van der Waals surface area contributed by atoms with Gasteiger partial charge in [-0.25, -0.2) is 0 Å². The molecule has 0 aromatic rings.